The summed E-state index contributed by atoms with van der Waals surface area (Å²) in [5.41, 5.74) is 1.17. The monoisotopic (exact) mass is 304 g/mol. The van der Waals surface area contributed by atoms with Crippen LogP contribution in [0.3, 0.4) is 0 Å². The summed E-state index contributed by atoms with van der Waals surface area (Å²) in [7, 11) is 0. The van der Waals surface area contributed by atoms with Gasteiger partial charge in [0.05, 0.1) is 5.75 Å². The Labute approximate surface area is 126 Å². The zero-order valence-corrected chi connectivity index (χ0v) is 12.3. The van der Waals surface area contributed by atoms with Gasteiger partial charge in [0.2, 0.25) is 0 Å². The van der Waals surface area contributed by atoms with Gasteiger partial charge in [0.1, 0.15) is 5.82 Å². The maximum atomic E-state index is 10.7. The first kappa shape index (κ1) is 14.1. The van der Waals surface area contributed by atoms with Crippen molar-refractivity contribution in [1.82, 2.24) is 19.7 Å². The predicted octanol–water partition coefficient (Wildman–Crippen LogP) is 1.97. The van der Waals surface area contributed by atoms with E-state index in [1.54, 1.807) is 6.20 Å². The highest BCUT2D eigenvalue weighted by Gasteiger charge is 2.29. The molecule has 0 aromatic carbocycles. The second-order valence-corrected chi connectivity index (χ2v) is 5.99. The van der Waals surface area contributed by atoms with Crippen LogP contribution in [0.5, 0.6) is 0 Å². The molecule has 3 rings (SSSR count). The van der Waals surface area contributed by atoms with Crippen LogP contribution in [-0.4, -0.2) is 36.6 Å². The highest BCUT2D eigenvalue weighted by Crippen LogP contribution is 2.38. The molecular formula is C14H16N4O2S. The third-order valence-electron chi connectivity index (χ3n) is 3.33. The first-order valence-electron chi connectivity index (χ1n) is 6.91. The Kier molecular flexibility index (Phi) is 4.19. The number of pyridine rings is 1. The van der Waals surface area contributed by atoms with Gasteiger partial charge in [-0.2, -0.15) is 0 Å². The van der Waals surface area contributed by atoms with E-state index in [9.17, 15) is 4.79 Å². The van der Waals surface area contributed by atoms with Crippen LogP contribution >= 0.6 is 11.8 Å². The van der Waals surface area contributed by atoms with Gasteiger partial charge >= 0.3 is 5.97 Å². The van der Waals surface area contributed by atoms with Gasteiger partial charge in [0, 0.05) is 24.9 Å². The van der Waals surface area contributed by atoms with Crippen LogP contribution in [0.15, 0.2) is 29.7 Å². The molecule has 6 nitrogen and oxygen atoms in total. The molecule has 7 heteroatoms. The average molecular weight is 304 g/mol. The van der Waals surface area contributed by atoms with Crippen molar-refractivity contribution in [1.29, 1.82) is 0 Å². The van der Waals surface area contributed by atoms with Crippen molar-refractivity contribution >= 4 is 17.7 Å². The third-order valence-corrected chi connectivity index (χ3v) is 4.26. The molecule has 2 aromatic rings. The molecule has 21 heavy (non-hydrogen) atoms. The lowest BCUT2D eigenvalue weighted by Gasteiger charge is -2.08. The number of rotatable bonds is 7. The Morgan fingerprint density at radius 2 is 2.24 bits per heavy atom. The molecule has 0 atom stereocenters. The first-order valence-corrected chi connectivity index (χ1v) is 7.90. The number of carboxylic acid groups (broad SMARTS) is 1. The molecule has 1 aliphatic rings. The number of hydrogen-bond acceptors (Lipinski definition) is 5. The summed E-state index contributed by atoms with van der Waals surface area (Å²) in [5, 5.41) is 17.9. The molecule has 2 heterocycles. The highest BCUT2D eigenvalue weighted by atomic mass is 32.2. The summed E-state index contributed by atoms with van der Waals surface area (Å²) < 4.78 is 2.12. The lowest BCUT2D eigenvalue weighted by Crippen LogP contribution is -2.06. The third kappa shape index (κ3) is 3.60. The van der Waals surface area contributed by atoms with E-state index in [1.807, 2.05) is 18.3 Å². The Morgan fingerprint density at radius 3 is 2.90 bits per heavy atom. The van der Waals surface area contributed by atoms with Crippen LogP contribution in [0.1, 0.15) is 30.3 Å². The Balaban J connectivity index is 1.71. The van der Waals surface area contributed by atoms with Crippen molar-refractivity contribution < 1.29 is 9.90 Å². The fourth-order valence-electron chi connectivity index (χ4n) is 2.20. The summed E-state index contributed by atoms with van der Waals surface area (Å²) in [6.45, 7) is 0. The van der Waals surface area contributed by atoms with E-state index < -0.39 is 5.97 Å². The first-order chi connectivity index (χ1) is 10.2. The lowest BCUT2D eigenvalue weighted by molar-refractivity contribution is -0.133. The van der Waals surface area contributed by atoms with E-state index in [2.05, 4.69) is 19.7 Å². The minimum absolute atomic E-state index is 0.0213. The molecule has 0 radical (unpaired) electrons. The fourth-order valence-corrected chi connectivity index (χ4v) is 2.95. The van der Waals surface area contributed by atoms with E-state index in [0.29, 0.717) is 6.04 Å². The standard InChI is InChI=1S/C14H16N4O2S/c19-13(20)9-21-14-17-16-12(18(14)11-4-5-11)6-3-10-2-1-7-15-8-10/h1-2,7-8,11H,3-6,9H2,(H,19,20). The van der Waals surface area contributed by atoms with Gasteiger partial charge in [-0.1, -0.05) is 17.8 Å². The summed E-state index contributed by atoms with van der Waals surface area (Å²) >= 11 is 1.24. The number of carboxylic acids is 1. The Hall–Kier alpha value is -1.89. The van der Waals surface area contributed by atoms with E-state index in [1.165, 1.54) is 17.3 Å². The van der Waals surface area contributed by atoms with Crippen LogP contribution in [-0.2, 0) is 17.6 Å². The number of aliphatic carboxylic acids is 1. The number of carbonyl (C=O) groups is 1. The molecule has 1 aliphatic carbocycles. The number of aryl methyl sites for hydroxylation is 2. The summed E-state index contributed by atoms with van der Waals surface area (Å²) in [6, 6.07) is 4.42. The summed E-state index contributed by atoms with van der Waals surface area (Å²) in [6.07, 6.45) is 7.52. The van der Waals surface area contributed by atoms with E-state index in [0.717, 1.165) is 36.7 Å². The van der Waals surface area contributed by atoms with Crippen molar-refractivity contribution in [3.8, 4) is 0 Å². The number of nitrogens with zero attached hydrogens (tertiary/aromatic N) is 4. The Morgan fingerprint density at radius 1 is 1.38 bits per heavy atom. The van der Waals surface area contributed by atoms with Crippen molar-refractivity contribution in [2.75, 3.05) is 5.75 Å². The van der Waals surface area contributed by atoms with E-state index in [4.69, 9.17) is 5.11 Å². The largest absolute Gasteiger partial charge is 0.481 e. The van der Waals surface area contributed by atoms with Crippen molar-refractivity contribution in [3.63, 3.8) is 0 Å². The molecule has 0 amide bonds. The molecule has 0 aliphatic heterocycles. The molecule has 1 saturated carbocycles. The summed E-state index contributed by atoms with van der Waals surface area (Å²) in [4.78, 5) is 14.8. The number of hydrogen-bond donors (Lipinski definition) is 1. The SMILES string of the molecule is O=C(O)CSc1nnc(CCc2cccnc2)n1C1CC1. The van der Waals surface area contributed by atoms with Gasteiger partial charge in [0.25, 0.3) is 0 Å². The molecule has 110 valence electrons. The van der Waals surface area contributed by atoms with Crippen molar-refractivity contribution in [2.45, 2.75) is 36.9 Å². The minimum atomic E-state index is -0.831. The van der Waals surface area contributed by atoms with Crippen LogP contribution in [0.4, 0.5) is 0 Å². The minimum Gasteiger partial charge on any atom is -0.481 e. The summed E-state index contributed by atoms with van der Waals surface area (Å²) in [5.74, 6) is 0.129. The molecule has 0 saturated heterocycles. The molecule has 0 bridgehead atoms. The maximum Gasteiger partial charge on any atom is 0.313 e. The molecule has 2 aromatic heterocycles. The van der Waals surface area contributed by atoms with Gasteiger partial charge in [-0.3, -0.25) is 9.78 Å². The maximum absolute atomic E-state index is 10.7. The normalized spacial score (nSPS) is 14.3. The average Bonchev–Trinajstić information content (AvgIpc) is 3.25. The smallest absolute Gasteiger partial charge is 0.313 e. The number of aromatic nitrogens is 4. The van der Waals surface area contributed by atoms with E-state index >= 15 is 0 Å². The topological polar surface area (TPSA) is 80.9 Å². The van der Waals surface area contributed by atoms with Crippen LogP contribution < -0.4 is 0 Å². The van der Waals surface area contributed by atoms with E-state index in [-0.39, 0.29) is 5.75 Å². The van der Waals surface area contributed by atoms with Crippen molar-refractivity contribution in [3.05, 3.63) is 35.9 Å². The quantitative estimate of drug-likeness (QED) is 0.788. The van der Waals surface area contributed by atoms with Gasteiger partial charge in [-0.25, -0.2) is 0 Å². The molecule has 1 N–H and O–H groups in total. The van der Waals surface area contributed by atoms with Gasteiger partial charge in [-0.15, -0.1) is 10.2 Å². The van der Waals surface area contributed by atoms with Crippen LogP contribution in [0, 0.1) is 0 Å². The van der Waals surface area contributed by atoms with Crippen molar-refractivity contribution in [2.24, 2.45) is 0 Å². The highest BCUT2D eigenvalue weighted by molar-refractivity contribution is 7.99. The second kappa shape index (κ2) is 6.26. The van der Waals surface area contributed by atoms with Gasteiger partial charge < -0.3 is 9.67 Å². The molecule has 0 unspecified atom stereocenters. The van der Waals surface area contributed by atoms with Crippen LogP contribution in [0.2, 0.25) is 0 Å². The zero-order chi connectivity index (χ0) is 14.7. The lowest BCUT2D eigenvalue weighted by atomic mass is 10.1. The zero-order valence-electron chi connectivity index (χ0n) is 11.5. The predicted molar refractivity (Wildman–Crippen MR) is 78.3 cm³/mol. The second-order valence-electron chi connectivity index (χ2n) is 5.04. The molecule has 1 fully saturated rings. The van der Waals surface area contributed by atoms with Gasteiger partial charge in [-0.05, 0) is 30.9 Å². The molecular weight excluding hydrogens is 288 g/mol. The van der Waals surface area contributed by atoms with Gasteiger partial charge in [0.15, 0.2) is 5.16 Å². The van der Waals surface area contributed by atoms with Crippen LogP contribution in [0.25, 0.3) is 0 Å². The number of thioether (sulfide) groups is 1. The Bertz CT molecular complexity index is 625. The fraction of sp³-hybridized carbons (Fsp3) is 0.429. The molecule has 0 spiro atoms.